The number of allylic oxidation sites excluding steroid dienone is 1. The SMILES string of the molecule is CO/C(=C(\I)C(=O)c1ccc(C)cc1)c1ccccc1. The summed E-state index contributed by atoms with van der Waals surface area (Å²) < 4.78 is 6.00. The van der Waals surface area contributed by atoms with Crippen molar-refractivity contribution in [3.05, 3.63) is 74.9 Å². The lowest BCUT2D eigenvalue weighted by molar-refractivity contribution is 0.104. The number of methoxy groups -OCH3 is 1. The van der Waals surface area contributed by atoms with Crippen molar-refractivity contribution in [3.8, 4) is 0 Å². The summed E-state index contributed by atoms with van der Waals surface area (Å²) in [6.07, 6.45) is 0. The highest BCUT2D eigenvalue weighted by atomic mass is 127. The molecule has 0 aliphatic carbocycles. The first-order chi connectivity index (χ1) is 9.63. The van der Waals surface area contributed by atoms with Crippen molar-refractivity contribution in [2.75, 3.05) is 7.11 Å². The zero-order chi connectivity index (χ0) is 14.5. The molecule has 0 fully saturated rings. The Kier molecular flexibility index (Phi) is 4.95. The van der Waals surface area contributed by atoms with Gasteiger partial charge in [0.15, 0.2) is 0 Å². The van der Waals surface area contributed by atoms with Crippen LogP contribution in [0, 0.1) is 6.92 Å². The normalized spacial score (nSPS) is 11.8. The Morgan fingerprint density at radius 1 is 0.950 bits per heavy atom. The first-order valence-corrected chi connectivity index (χ1v) is 7.32. The molecule has 2 aromatic carbocycles. The van der Waals surface area contributed by atoms with Gasteiger partial charge in [0.05, 0.1) is 7.11 Å². The van der Waals surface area contributed by atoms with Crippen LogP contribution in [0.25, 0.3) is 5.76 Å². The molecule has 2 nitrogen and oxygen atoms in total. The molecule has 0 N–H and O–H groups in total. The summed E-state index contributed by atoms with van der Waals surface area (Å²) in [5.41, 5.74) is 2.71. The van der Waals surface area contributed by atoms with Crippen LogP contribution in [-0.2, 0) is 4.74 Å². The maximum Gasteiger partial charge on any atom is 0.202 e. The molecule has 0 bridgehead atoms. The molecule has 0 aromatic heterocycles. The topological polar surface area (TPSA) is 26.3 Å². The van der Waals surface area contributed by atoms with E-state index in [2.05, 4.69) is 22.6 Å². The van der Waals surface area contributed by atoms with Crippen LogP contribution in [0.2, 0.25) is 0 Å². The van der Waals surface area contributed by atoms with Gasteiger partial charge in [-0.15, -0.1) is 0 Å². The maximum atomic E-state index is 12.5. The van der Waals surface area contributed by atoms with Crippen LogP contribution in [0.15, 0.2) is 58.2 Å². The summed E-state index contributed by atoms with van der Waals surface area (Å²) in [6, 6.07) is 17.2. The Morgan fingerprint density at radius 3 is 2.10 bits per heavy atom. The second-order valence-corrected chi connectivity index (χ2v) is 5.49. The third kappa shape index (κ3) is 3.28. The molecule has 0 saturated heterocycles. The first-order valence-electron chi connectivity index (χ1n) is 6.24. The number of benzene rings is 2. The van der Waals surface area contributed by atoms with Gasteiger partial charge < -0.3 is 4.74 Å². The second kappa shape index (κ2) is 6.70. The molecule has 0 aliphatic heterocycles. The quantitative estimate of drug-likeness (QED) is 0.336. The Labute approximate surface area is 132 Å². The van der Waals surface area contributed by atoms with Crippen molar-refractivity contribution in [1.82, 2.24) is 0 Å². The van der Waals surface area contributed by atoms with E-state index in [0.717, 1.165) is 11.1 Å². The van der Waals surface area contributed by atoms with Crippen LogP contribution in [0.3, 0.4) is 0 Å². The number of ether oxygens (including phenoxy) is 1. The molecule has 20 heavy (non-hydrogen) atoms. The lowest BCUT2D eigenvalue weighted by Gasteiger charge is -2.09. The molecular formula is C17H15IO2. The van der Waals surface area contributed by atoms with Crippen LogP contribution < -0.4 is 0 Å². The number of halogens is 1. The number of Topliss-reactive ketones (excluding diaryl/α,β-unsaturated/α-hetero) is 1. The van der Waals surface area contributed by atoms with Crippen LogP contribution in [0.1, 0.15) is 21.5 Å². The van der Waals surface area contributed by atoms with Crippen LogP contribution >= 0.6 is 22.6 Å². The van der Waals surface area contributed by atoms with Gasteiger partial charge in [0.1, 0.15) is 9.34 Å². The fourth-order valence-electron chi connectivity index (χ4n) is 1.86. The lowest BCUT2D eigenvalue weighted by Crippen LogP contribution is -2.03. The first kappa shape index (κ1) is 14.8. The van der Waals surface area contributed by atoms with E-state index < -0.39 is 0 Å². The number of hydrogen-bond acceptors (Lipinski definition) is 2. The molecule has 0 aliphatic rings. The van der Waals surface area contributed by atoms with Crippen molar-refractivity contribution in [2.24, 2.45) is 0 Å². The summed E-state index contributed by atoms with van der Waals surface area (Å²) >= 11 is 2.05. The van der Waals surface area contributed by atoms with Crippen molar-refractivity contribution >= 4 is 34.1 Å². The summed E-state index contributed by atoms with van der Waals surface area (Å²) in [5.74, 6) is 0.586. The lowest BCUT2D eigenvalue weighted by atomic mass is 10.1. The van der Waals surface area contributed by atoms with E-state index in [0.29, 0.717) is 14.9 Å². The molecule has 0 atom stereocenters. The molecule has 2 rings (SSSR count). The molecule has 2 aromatic rings. The Morgan fingerprint density at radius 2 is 1.55 bits per heavy atom. The van der Waals surface area contributed by atoms with E-state index in [1.807, 2.05) is 61.5 Å². The molecular weight excluding hydrogens is 363 g/mol. The maximum absolute atomic E-state index is 12.5. The van der Waals surface area contributed by atoms with Crippen molar-refractivity contribution in [1.29, 1.82) is 0 Å². The smallest absolute Gasteiger partial charge is 0.202 e. The molecule has 0 spiro atoms. The highest BCUT2D eigenvalue weighted by Crippen LogP contribution is 2.27. The van der Waals surface area contributed by atoms with Gasteiger partial charge in [0, 0.05) is 11.1 Å². The van der Waals surface area contributed by atoms with Gasteiger partial charge >= 0.3 is 0 Å². The third-order valence-electron chi connectivity index (χ3n) is 2.95. The number of aryl methyl sites for hydroxylation is 1. The van der Waals surface area contributed by atoms with Crippen molar-refractivity contribution in [3.63, 3.8) is 0 Å². The van der Waals surface area contributed by atoms with Crippen LogP contribution in [0.4, 0.5) is 0 Å². The Bertz CT molecular complexity index is 628. The minimum absolute atomic E-state index is 0.0219. The van der Waals surface area contributed by atoms with Gasteiger partial charge in [-0.05, 0) is 29.5 Å². The Hall–Kier alpha value is -1.62. The number of rotatable bonds is 4. The standard InChI is InChI=1S/C17H15IO2/c1-12-8-10-13(11-9-12)16(19)15(18)17(20-2)14-6-4-3-5-7-14/h3-11H,1-2H3/b17-15-. The van der Waals surface area contributed by atoms with Crippen molar-refractivity contribution < 1.29 is 9.53 Å². The van der Waals surface area contributed by atoms with E-state index in [-0.39, 0.29) is 5.78 Å². The monoisotopic (exact) mass is 378 g/mol. The molecule has 0 amide bonds. The average molecular weight is 378 g/mol. The molecule has 3 heteroatoms. The fourth-order valence-corrected chi connectivity index (χ4v) is 2.70. The van der Waals surface area contributed by atoms with E-state index in [1.54, 1.807) is 7.11 Å². The number of carbonyl (C=O) groups excluding carboxylic acids is 1. The van der Waals surface area contributed by atoms with E-state index in [4.69, 9.17) is 4.74 Å². The molecule has 0 unspecified atom stereocenters. The van der Waals surface area contributed by atoms with Gasteiger partial charge in [-0.2, -0.15) is 0 Å². The third-order valence-corrected chi connectivity index (χ3v) is 3.93. The van der Waals surface area contributed by atoms with Crippen LogP contribution in [-0.4, -0.2) is 12.9 Å². The molecule has 0 radical (unpaired) electrons. The number of ketones is 1. The van der Waals surface area contributed by atoms with Gasteiger partial charge in [-0.3, -0.25) is 4.79 Å². The average Bonchev–Trinajstić information content (AvgIpc) is 2.49. The molecule has 0 heterocycles. The minimum atomic E-state index is -0.0219. The fraction of sp³-hybridized carbons (Fsp3) is 0.118. The summed E-state index contributed by atoms with van der Waals surface area (Å²) in [6.45, 7) is 2.00. The summed E-state index contributed by atoms with van der Waals surface area (Å²) in [4.78, 5) is 12.5. The molecule has 0 saturated carbocycles. The minimum Gasteiger partial charge on any atom is -0.495 e. The van der Waals surface area contributed by atoms with Crippen molar-refractivity contribution in [2.45, 2.75) is 6.92 Å². The van der Waals surface area contributed by atoms with Gasteiger partial charge in [-0.25, -0.2) is 0 Å². The molecule has 102 valence electrons. The Balaban J connectivity index is 2.41. The predicted octanol–water partition coefficient (Wildman–Crippen LogP) is 4.63. The van der Waals surface area contributed by atoms with Gasteiger partial charge in [-0.1, -0.05) is 60.2 Å². The van der Waals surface area contributed by atoms with Gasteiger partial charge in [0.25, 0.3) is 0 Å². The zero-order valence-electron chi connectivity index (χ0n) is 11.4. The highest BCUT2D eigenvalue weighted by Gasteiger charge is 2.16. The van der Waals surface area contributed by atoms with Gasteiger partial charge in [0.2, 0.25) is 5.78 Å². The van der Waals surface area contributed by atoms with E-state index >= 15 is 0 Å². The zero-order valence-corrected chi connectivity index (χ0v) is 13.5. The van der Waals surface area contributed by atoms with E-state index in [9.17, 15) is 4.79 Å². The summed E-state index contributed by atoms with van der Waals surface area (Å²) in [7, 11) is 1.59. The largest absolute Gasteiger partial charge is 0.495 e. The highest BCUT2D eigenvalue weighted by molar-refractivity contribution is 14.1. The van der Waals surface area contributed by atoms with Crippen LogP contribution in [0.5, 0.6) is 0 Å². The summed E-state index contributed by atoms with van der Waals surface area (Å²) in [5, 5.41) is 0. The number of hydrogen-bond donors (Lipinski definition) is 0. The van der Waals surface area contributed by atoms with E-state index in [1.165, 1.54) is 0 Å². The predicted molar refractivity (Wildman–Crippen MR) is 89.9 cm³/mol. The second-order valence-electron chi connectivity index (χ2n) is 4.41. The number of carbonyl (C=O) groups is 1.